The highest BCUT2D eigenvalue weighted by molar-refractivity contribution is 5.73. The molecule has 0 spiro atoms. The number of aliphatic hydroxyl groups excluding tert-OH is 1. The fourth-order valence-corrected chi connectivity index (χ4v) is 1.26. The molecule has 0 aliphatic carbocycles. The van der Waals surface area contributed by atoms with E-state index in [9.17, 15) is 4.79 Å². The Kier molecular flexibility index (Phi) is 5.35. The third-order valence-electron chi connectivity index (χ3n) is 2.18. The molecule has 1 rings (SSSR count). The van der Waals surface area contributed by atoms with Gasteiger partial charge in [-0.1, -0.05) is 0 Å². The van der Waals surface area contributed by atoms with Crippen LogP contribution in [0.2, 0.25) is 0 Å². The van der Waals surface area contributed by atoms with Crippen molar-refractivity contribution >= 4 is 6.03 Å². The first-order chi connectivity index (χ1) is 7.74. The predicted octanol–water partition coefficient (Wildman–Crippen LogP) is -0.0931. The molecule has 1 heterocycles. The van der Waals surface area contributed by atoms with Crippen LogP contribution in [0.1, 0.15) is 6.42 Å². The number of likely N-dealkylation sites (N-methyl/N-ethyl adjacent to an activating group) is 1. The number of aliphatic hydroxyl groups is 1. The van der Waals surface area contributed by atoms with Gasteiger partial charge in [0.05, 0.1) is 6.61 Å². The van der Waals surface area contributed by atoms with Crippen LogP contribution in [0.3, 0.4) is 0 Å². The molecule has 6 heteroatoms. The topological polar surface area (TPSA) is 70.4 Å². The van der Waals surface area contributed by atoms with Crippen molar-refractivity contribution in [2.75, 3.05) is 26.7 Å². The third kappa shape index (κ3) is 4.31. The molecule has 6 nitrogen and oxygen atoms in total. The van der Waals surface area contributed by atoms with Crippen LogP contribution < -0.4 is 5.32 Å². The Morgan fingerprint density at radius 3 is 3.06 bits per heavy atom. The van der Waals surface area contributed by atoms with Crippen molar-refractivity contribution in [1.82, 2.24) is 20.0 Å². The van der Waals surface area contributed by atoms with Crippen molar-refractivity contribution in [3.05, 3.63) is 18.5 Å². The molecule has 0 unspecified atom stereocenters. The molecular formula is C10H18N4O2. The second-order valence-corrected chi connectivity index (χ2v) is 3.50. The lowest BCUT2D eigenvalue weighted by Gasteiger charge is -2.16. The number of nitrogens with one attached hydrogen (secondary N) is 1. The number of carbonyl (C=O) groups excluding carboxylic acids is 1. The van der Waals surface area contributed by atoms with Crippen molar-refractivity contribution in [3.63, 3.8) is 0 Å². The fourth-order valence-electron chi connectivity index (χ4n) is 1.26. The summed E-state index contributed by atoms with van der Waals surface area (Å²) in [6.07, 6.45) is 4.45. The second kappa shape index (κ2) is 6.84. The van der Waals surface area contributed by atoms with Crippen molar-refractivity contribution in [2.45, 2.75) is 13.0 Å². The van der Waals surface area contributed by atoms with E-state index in [4.69, 9.17) is 5.11 Å². The average Bonchev–Trinajstić information content (AvgIpc) is 2.77. The summed E-state index contributed by atoms with van der Waals surface area (Å²) in [6, 6.07) is 1.71. The first-order valence-corrected chi connectivity index (χ1v) is 5.31. The lowest BCUT2D eigenvalue weighted by atomic mass is 10.4. The zero-order valence-electron chi connectivity index (χ0n) is 9.46. The monoisotopic (exact) mass is 226 g/mol. The summed E-state index contributed by atoms with van der Waals surface area (Å²) < 4.78 is 1.82. The Morgan fingerprint density at radius 2 is 2.44 bits per heavy atom. The van der Waals surface area contributed by atoms with Crippen LogP contribution in [0.25, 0.3) is 0 Å². The van der Waals surface area contributed by atoms with Gasteiger partial charge in [0.25, 0.3) is 0 Å². The number of carbonyl (C=O) groups is 1. The van der Waals surface area contributed by atoms with Crippen LogP contribution in [-0.4, -0.2) is 52.6 Å². The van der Waals surface area contributed by atoms with Gasteiger partial charge in [0, 0.05) is 39.1 Å². The summed E-state index contributed by atoms with van der Waals surface area (Å²) in [6.45, 7) is 1.73. The van der Waals surface area contributed by atoms with Crippen molar-refractivity contribution in [2.24, 2.45) is 0 Å². The van der Waals surface area contributed by atoms with Crippen LogP contribution in [-0.2, 0) is 6.54 Å². The first-order valence-electron chi connectivity index (χ1n) is 5.31. The molecule has 0 aromatic carbocycles. The number of rotatable bonds is 6. The Labute approximate surface area is 94.9 Å². The van der Waals surface area contributed by atoms with Crippen molar-refractivity contribution < 1.29 is 9.90 Å². The molecule has 0 aliphatic rings. The molecule has 0 aliphatic heterocycles. The van der Waals surface area contributed by atoms with E-state index in [1.165, 1.54) is 4.90 Å². The molecule has 16 heavy (non-hydrogen) atoms. The van der Waals surface area contributed by atoms with E-state index in [-0.39, 0.29) is 12.6 Å². The number of aryl methyl sites for hydroxylation is 1. The highest BCUT2D eigenvalue weighted by atomic mass is 16.3. The summed E-state index contributed by atoms with van der Waals surface area (Å²) >= 11 is 0. The molecule has 0 saturated carbocycles. The van der Waals surface area contributed by atoms with Gasteiger partial charge >= 0.3 is 6.03 Å². The summed E-state index contributed by atoms with van der Waals surface area (Å²) in [4.78, 5) is 12.8. The molecule has 1 aromatic rings. The molecule has 0 bridgehead atoms. The lowest BCUT2D eigenvalue weighted by molar-refractivity contribution is 0.190. The summed E-state index contributed by atoms with van der Waals surface area (Å²) in [5.74, 6) is 0. The number of aromatic nitrogens is 2. The highest BCUT2D eigenvalue weighted by Gasteiger charge is 2.05. The van der Waals surface area contributed by atoms with E-state index >= 15 is 0 Å². The largest absolute Gasteiger partial charge is 0.395 e. The van der Waals surface area contributed by atoms with E-state index in [2.05, 4.69) is 10.4 Å². The van der Waals surface area contributed by atoms with Gasteiger partial charge in [-0.15, -0.1) is 0 Å². The van der Waals surface area contributed by atoms with E-state index in [0.29, 0.717) is 13.1 Å². The van der Waals surface area contributed by atoms with Crippen LogP contribution >= 0.6 is 0 Å². The van der Waals surface area contributed by atoms with Crippen molar-refractivity contribution in [3.8, 4) is 0 Å². The summed E-state index contributed by atoms with van der Waals surface area (Å²) in [5.41, 5.74) is 0. The lowest BCUT2D eigenvalue weighted by Crippen LogP contribution is -2.39. The summed E-state index contributed by atoms with van der Waals surface area (Å²) in [7, 11) is 1.65. The van der Waals surface area contributed by atoms with E-state index in [0.717, 1.165) is 13.0 Å². The zero-order chi connectivity index (χ0) is 11.8. The van der Waals surface area contributed by atoms with Gasteiger partial charge in [0.1, 0.15) is 0 Å². The van der Waals surface area contributed by atoms with E-state index in [1.807, 2.05) is 16.9 Å². The number of urea groups is 1. The minimum Gasteiger partial charge on any atom is -0.395 e. The number of nitrogens with zero attached hydrogens (tertiary/aromatic N) is 3. The fraction of sp³-hybridized carbons (Fsp3) is 0.600. The Bertz CT molecular complexity index is 300. The van der Waals surface area contributed by atoms with Gasteiger partial charge < -0.3 is 15.3 Å². The normalized spacial score (nSPS) is 10.1. The number of hydrogen-bond acceptors (Lipinski definition) is 3. The van der Waals surface area contributed by atoms with Crippen LogP contribution in [0, 0.1) is 0 Å². The number of amides is 2. The molecule has 90 valence electrons. The average molecular weight is 226 g/mol. The smallest absolute Gasteiger partial charge is 0.317 e. The van der Waals surface area contributed by atoms with Crippen LogP contribution in [0.4, 0.5) is 4.79 Å². The molecule has 1 aromatic heterocycles. The molecule has 0 radical (unpaired) electrons. The molecular weight excluding hydrogens is 208 g/mol. The Balaban J connectivity index is 2.08. The minimum atomic E-state index is -0.158. The molecule has 2 amide bonds. The predicted molar refractivity (Wildman–Crippen MR) is 60.0 cm³/mol. The molecule has 0 saturated heterocycles. The highest BCUT2D eigenvalue weighted by Crippen LogP contribution is 1.89. The maximum Gasteiger partial charge on any atom is 0.317 e. The van der Waals surface area contributed by atoms with Gasteiger partial charge in [0.15, 0.2) is 0 Å². The molecule has 0 atom stereocenters. The van der Waals surface area contributed by atoms with Gasteiger partial charge in [-0.25, -0.2) is 4.79 Å². The van der Waals surface area contributed by atoms with Gasteiger partial charge in [-0.05, 0) is 12.5 Å². The number of hydrogen-bond donors (Lipinski definition) is 2. The zero-order valence-corrected chi connectivity index (χ0v) is 9.46. The maximum absolute atomic E-state index is 11.4. The maximum atomic E-state index is 11.4. The van der Waals surface area contributed by atoms with Gasteiger partial charge in [-0.3, -0.25) is 4.68 Å². The van der Waals surface area contributed by atoms with Crippen LogP contribution in [0.15, 0.2) is 18.5 Å². The Morgan fingerprint density at radius 1 is 1.62 bits per heavy atom. The minimum absolute atomic E-state index is 0.0167. The molecule has 2 N–H and O–H groups in total. The first kappa shape index (κ1) is 12.5. The van der Waals surface area contributed by atoms with E-state index in [1.54, 1.807) is 13.2 Å². The van der Waals surface area contributed by atoms with Crippen LogP contribution in [0.5, 0.6) is 0 Å². The summed E-state index contributed by atoms with van der Waals surface area (Å²) in [5, 5.41) is 15.5. The second-order valence-electron chi connectivity index (χ2n) is 3.50. The standard InChI is InChI=1S/C10H18N4O2/c1-13(8-9-15)10(16)11-4-2-6-14-7-3-5-12-14/h3,5,7,15H,2,4,6,8-9H2,1H3,(H,11,16). The SMILES string of the molecule is CN(CCO)C(=O)NCCCn1cccn1. The van der Waals surface area contributed by atoms with E-state index < -0.39 is 0 Å². The Hall–Kier alpha value is -1.56. The quantitative estimate of drug-likeness (QED) is 0.666. The van der Waals surface area contributed by atoms with Gasteiger partial charge in [-0.2, -0.15) is 5.10 Å². The third-order valence-corrected chi connectivity index (χ3v) is 2.18. The molecule has 0 fully saturated rings. The van der Waals surface area contributed by atoms with Gasteiger partial charge in [0.2, 0.25) is 0 Å². The van der Waals surface area contributed by atoms with Crippen molar-refractivity contribution in [1.29, 1.82) is 0 Å².